The molecule has 0 spiro atoms. The maximum absolute atomic E-state index is 14.2. The zero-order valence-electron chi connectivity index (χ0n) is 54.7. The molecule has 0 unspecified atom stereocenters. The van der Waals surface area contributed by atoms with Crippen molar-refractivity contribution in [2.24, 2.45) is 30.0 Å². The molecule has 4 aliphatic heterocycles. The molecule has 94 heavy (non-hydrogen) atoms. The predicted molar refractivity (Wildman–Crippen MR) is 344 cm³/mol. The number of unbranched alkanes of at least 4 members (excludes halogenated alkanes) is 1. The first kappa shape index (κ1) is 71.0. The Morgan fingerprint density at radius 2 is 1.09 bits per heavy atom. The van der Waals surface area contributed by atoms with Crippen molar-refractivity contribution in [2.45, 2.75) is 41.4 Å². The van der Waals surface area contributed by atoms with Crippen molar-refractivity contribution in [3.05, 3.63) is 173 Å². The standard InChI is InChI=1S/C62H40N8O11S3.In.4Na.H2O4S.4H/c1-3-5-23-76-53-42-13-9-10-14-43(42)54(77-24-6-4-2)52-51(53)61-67-57-45-28-34-18-22-40(84(73,74)75)26-37(34)31-47(45)56(65-57)63-55-44-27-33-17-21-39(83-81-79-72)25-36(33)30-46(44)58(64-55)66-60-50-48(59(68-60)69-62(52)70-61)29-35-11-7-8-12-41(35)49(50)32-15-19-38(20-16-32)82-80-78-71;;;;;;1-5(2,3)4;;;;/h7-22,25-31H,3,5,23-24H2,1-2H3,(H3-2,63,64,65,66,67,68,69,70,71,72,73,74,75);;;;;;(H2,1,2,3,4);;;;/q-2;+3;4*+1;;4*-1/p-1. The first-order valence-electron chi connectivity index (χ1n) is 27.6. The fourth-order valence-electron chi connectivity index (χ4n) is 12.0. The molecule has 6 heterocycles. The summed E-state index contributed by atoms with van der Waals surface area (Å²) in [4.78, 5) is 33.5. The van der Waals surface area contributed by atoms with Gasteiger partial charge in [-0.2, -0.15) is 0 Å². The van der Waals surface area contributed by atoms with E-state index in [2.05, 4.69) is 21.9 Å². The third-order valence-corrected chi connectivity index (χ3v) is 27.0. The Kier molecular flexibility index (Phi) is 21.8. The summed E-state index contributed by atoms with van der Waals surface area (Å²) in [6, 6.07) is 41.2. The van der Waals surface area contributed by atoms with Gasteiger partial charge in [0.1, 0.15) is 0 Å². The Morgan fingerprint density at radius 1 is 0.543 bits per heavy atom. The second-order valence-electron chi connectivity index (χ2n) is 20.9. The summed E-state index contributed by atoms with van der Waals surface area (Å²) in [7, 11) is -10.2. The van der Waals surface area contributed by atoms with Crippen LogP contribution >= 0.6 is 24.1 Å². The van der Waals surface area contributed by atoms with Gasteiger partial charge >= 0.3 is 638 Å². The number of aromatic nitrogens is 2. The van der Waals surface area contributed by atoms with Gasteiger partial charge in [-0.1, -0.05) is 5.04 Å². The van der Waals surface area contributed by atoms with Crippen molar-refractivity contribution in [1.82, 2.24) is 5.11 Å². The van der Waals surface area contributed by atoms with Crippen LogP contribution in [0.4, 0.5) is 11.6 Å². The van der Waals surface area contributed by atoms with Crippen LogP contribution in [-0.2, 0) is 41.6 Å². The number of hydrogen-bond donors (Lipinski definition) is 4. The van der Waals surface area contributed by atoms with Crippen LogP contribution in [0.25, 0.3) is 75.8 Å². The summed E-state index contributed by atoms with van der Waals surface area (Å²) in [5, 5.41) is 32.4. The van der Waals surface area contributed by atoms with E-state index in [-0.39, 0.29) is 199 Å². The van der Waals surface area contributed by atoms with Gasteiger partial charge in [0, 0.05) is 0 Å². The minimum absolute atomic E-state index is 0. The summed E-state index contributed by atoms with van der Waals surface area (Å²) in [6.45, 7) is 3.83. The van der Waals surface area contributed by atoms with E-state index in [9.17, 15) is 31.2 Å². The van der Waals surface area contributed by atoms with Crippen LogP contribution in [0.2, 0.25) is 0 Å². The Hall–Kier alpha value is -4.35. The van der Waals surface area contributed by atoms with Gasteiger partial charge in [-0.05, 0) is 0 Å². The fraction of sp³-hybridized carbons (Fsp3) is 0.0968. The van der Waals surface area contributed by atoms with Gasteiger partial charge in [-0.3, -0.25) is 0 Å². The first-order valence-corrected chi connectivity index (χ1v) is 36.1. The van der Waals surface area contributed by atoms with E-state index < -0.39 is 43.0 Å². The van der Waals surface area contributed by atoms with Crippen molar-refractivity contribution in [1.29, 1.82) is 0 Å². The summed E-state index contributed by atoms with van der Waals surface area (Å²) in [5.74, 6) is 7.12. The molecule has 9 aromatic carbocycles. The third kappa shape index (κ3) is 12.8. The monoisotopic (exact) mass is 1480 g/mol. The molecule has 0 atom stereocenters. The minimum atomic E-state index is -5.72. The molecule has 32 heteroatoms. The van der Waals surface area contributed by atoms with Gasteiger partial charge in [0.15, 0.2) is 0 Å². The van der Waals surface area contributed by atoms with Gasteiger partial charge < -0.3 is 5.71 Å². The Labute approximate surface area is 646 Å². The summed E-state index contributed by atoms with van der Waals surface area (Å²) in [6.07, 6.45) is 1.38. The quantitative estimate of drug-likeness (QED) is 0.0191. The van der Waals surface area contributed by atoms with E-state index in [0.29, 0.717) is 104 Å². The van der Waals surface area contributed by atoms with E-state index in [4.69, 9.17) is 55.7 Å². The van der Waals surface area contributed by atoms with Crippen molar-refractivity contribution in [3.8, 4) is 34.5 Å². The zero-order chi connectivity index (χ0) is 61.7. The van der Waals surface area contributed by atoms with Crippen molar-refractivity contribution < 1.29 is 191 Å². The van der Waals surface area contributed by atoms with Gasteiger partial charge in [0.2, 0.25) is 0 Å². The summed E-state index contributed by atoms with van der Waals surface area (Å²) in [5.41, 5.74) is 3.32. The molecule has 0 saturated heterocycles. The predicted octanol–water partition coefficient (Wildman–Crippen LogP) is 0.170. The SMILES string of the molecule is CC#CCOc1c2ccccc2c(OCCCC)c2c3[n]4c(c12)=NC1=NC(=Nc2c5cc6cc(SOOO)ccc6cc5c([n]2[In]4[O]S(=O)(=O)O)N=C2N=C(N=3)c3cc4ccc(S(=O)(=O)O)cc4cc32)c2c1cc1ccccc1c2-c1ccc(SOOO)cc1.[H-].[H-].[H-].[H-].[Na+].[Na+].[Na+].[Na+]. The van der Waals surface area contributed by atoms with Crippen LogP contribution in [0.5, 0.6) is 11.5 Å². The van der Waals surface area contributed by atoms with Crippen LogP contribution in [-0.4, -0.2) is 101 Å². The first-order chi connectivity index (χ1) is 43.7. The second kappa shape index (κ2) is 28.8. The number of amidine groups is 4. The van der Waals surface area contributed by atoms with E-state index in [1.54, 1.807) is 60.6 Å². The van der Waals surface area contributed by atoms with Crippen LogP contribution < -0.4 is 139 Å². The zero-order valence-corrected chi connectivity index (χ0v) is 65.2. The van der Waals surface area contributed by atoms with Crippen LogP contribution in [0.1, 0.15) is 54.6 Å². The third-order valence-electron chi connectivity index (χ3n) is 15.7. The van der Waals surface area contributed by atoms with Crippen molar-refractivity contribution >= 4 is 167 Å². The number of hydrogen-bond acceptors (Lipinski definition) is 21. The maximum atomic E-state index is 14.2. The molecule has 2 aromatic heterocycles. The van der Waals surface area contributed by atoms with Crippen LogP contribution in [0.3, 0.4) is 0 Å². The molecule has 454 valence electrons. The molecule has 0 radical (unpaired) electrons. The van der Waals surface area contributed by atoms with Gasteiger partial charge in [-0.15, -0.1) is 0 Å². The van der Waals surface area contributed by atoms with Gasteiger partial charge in [0.25, 0.3) is 0 Å². The Balaban J connectivity index is 0.00000169. The normalized spacial score (nSPS) is 13.4. The molecule has 4 N–H and O–H groups in total. The number of fused-ring (bicyclic) bond motifs is 18. The molecule has 0 aliphatic carbocycles. The Bertz CT molecular complexity index is 5620. The molecular formula is C62H45InN8Na4O15S4. The largest absolute Gasteiger partial charge is 1.00 e. The van der Waals surface area contributed by atoms with E-state index >= 15 is 0 Å². The molecule has 23 nitrogen and oxygen atoms in total. The van der Waals surface area contributed by atoms with E-state index in [0.717, 1.165) is 41.3 Å². The smallest absolute Gasteiger partial charge is 1.00 e. The maximum Gasteiger partial charge on any atom is 1.00 e. The number of ether oxygens (including phenoxy) is 2. The van der Waals surface area contributed by atoms with Gasteiger partial charge in [-0.25, -0.2) is 5.26 Å². The second-order valence-corrected chi connectivity index (χ2v) is 31.4. The number of aliphatic imine (C=N–C) groups is 4. The van der Waals surface area contributed by atoms with Crippen LogP contribution in [0.15, 0.2) is 184 Å². The molecule has 0 saturated carbocycles. The van der Waals surface area contributed by atoms with Crippen molar-refractivity contribution in [2.75, 3.05) is 13.2 Å². The molecule has 4 aliphatic rings. The fourth-order valence-corrected chi connectivity index (χ4v) is 22.2. The summed E-state index contributed by atoms with van der Waals surface area (Å²) < 4.78 is 109. The Morgan fingerprint density at radius 3 is 1.73 bits per heavy atom. The van der Waals surface area contributed by atoms with E-state index in [1.165, 1.54) is 12.1 Å². The molecular weight excluding hydrogens is 1430 g/mol. The molecule has 11 aromatic rings. The molecule has 0 fully saturated rings. The summed E-state index contributed by atoms with van der Waals surface area (Å²) >= 11 is -4.18. The average molecular weight is 1480 g/mol. The average Bonchev–Trinajstić information content (AvgIpc) is 1.53. The molecule has 0 amide bonds. The topological polar surface area (TPSA) is 298 Å². The molecule has 6 bridgehead atoms. The minimum Gasteiger partial charge on any atom is -1.00 e. The number of rotatable bonds is 16. The van der Waals surface area contributed by atoms with Crippen LogP contribution in [0, 0.1) is 11.8 Å². The van der Waals surface area contributed by atoms with E-state index in [1.807, 2.05) is 85.8 Å². The molecule has 15 rings (SSSR count). The number of nitrogens with zero attached hydrogens (tertiary/aromatic N) is 8. The number of benzene rings is 9. The van der Waals surface area contributed by atoms with Gasteiger partial charge in [0.05, 0.1) is 0 Å². The van der Waals surface area contributed by atoms with Crippen molar-refractivity contribution in [3.63, 3.8) is 0 Å².